The molecule has 2 aromatic heterocycles. The van der Waals surface area contributed by atoms with Crippen LogP contribution in [0, 0.1) is 0 Å². The van der Waals surface area contributed by atoms with Gasteiger partial charge in [0.1, 0.15) is 5.75 Å². The van der Waals surface area contributed by atoms with E-state index in [-0.39, 0.29) is 0 Å². The molecule has 32 heavy (non-hydrogen) atoms. The summed E-state index contributed by atoms with van der Waals surface area (Å²) in [6.45, 7) is 5.23. The van der Waals surface area contributed by atoms with Crippen molar-refractivity contribution >= 4 is 0 Å². The monoisotopic (exact) mass is 432 g/mol. The highest BCUT2D eigenvalue weighted by atomic mass is 16.5. The van der Waals surface area contributed by atoms with E-state index in [1.165, 1.54) is 56.9 Å². The lowest BCUT2D eigenvalue weighted by Crippen LogP contribution is -1.97. The number of aryl methyl sites for hydroxylation is 1. The predicted molar refractivity (Wildman–Crippen MR) is 131 cm³/mol. The molecule has 3 rings (SSSR count). The standard InChI is InChI=1S/C27H36N4O/c1-3-5-7-9-11-17-32-25-15-13-23(14-16-25)26-30-20-24(21-31-26)27-28-18-22(19-29-27)12-10-8-6-4-2/h13-16,18-21H,3-12,17H2,1-2H3. The number of hydrogen-bond donors (Lipinski definition) is 0. The van der Waals surface area contributed by atoms with Crippen LogP contribution in [-0.4, -0.2) is 26.5 Å². The Bertz CT molecular complexity index is 892. The highest BCUT2D eigenvalue weighted by Crippen LogP contribution is 2.21. The third-order valence-corrected chi connectivity index (χ3v) is 5.56. The third-order valence-electron chi connectivity index (χ3n) is 5.56. The van der Waals surface area contributed by atoms with E-state index in [0.29, 0.717) is 11.6 Å². The molecule has 0 atom stereocenters. The Morgan fingerprint density at radius 3 is 1.81 bits per heavy atom. The van der Waals surface area contributed by atoms with E-state index in [4.69, 9.17) is 4.74 Å². The number of hydrogen-bond acceptors (Lipinski definition) is 5. The quantitative estimate of drug-likeness (QED) is 0.255. The van der Waals surface area contributed by atoms with Crippen LogP contribution in [0.5, 0.6) is 5.75 Å². The molecule has 170 valence electrons. The van der Waals surface area contributed by atoms with Crippen molar-refractivity contribution in [1.82, 2.24) is 19.9 Å². The number of rotatable bonds is 14. The molecule has 1 aromatic carbocycles. The van der Waals surface area contributed by atoms with Crippen LogP contribution in [-0.2, 0) is 6.42 Å². The molecule has 0 bridgehead atoms. The van der Waals surface area contributed by atoms with Gasteiger partial charge >= 0.3 is 0 Å². The van der Waals surface area contributed by atoms with Crippen molar-refractivity contribution in [2.45, 2.75) is 78.1 Å². The van der Waals surface area contributed by atoms with Gasteiger partial charge in [-0.1, -0.05) is 58.8 Å². The number of ether oxygens (including phenoxy) is 1. The molecule has 5 nitrogen and oxygen atoms in total. The second-order valence-corrected chi connectivity index (χ2v) is 8.31. The molecule has 0 unspecified atom stereocenters. The molecule has 2 heterocycles. The minimum Gasteiger partial charge on any atom is -0.494 e. The summed E-state index contributed by atoms with van der Waals surface area (Å²) in [5.41, 5.74) is 2.98. The molecule has 0 radical (unpaired) electrons. The first-order valence-electron chi connectivity index (χ1n) is 12.2. The molecule has 0 saturated carbocycles. The van der Waals surface area contributed by atoms with Gasteiger partial charge in [0, 0.05) is 30.4 Å². The lowest BCUT2D eigenvalue weighted by atomic mass is 10.1. The fraction of sp³-hybridized carbons (Fsp3) is 0.481. The number of aromatic nitrogens is 4. The largest absolute Gasteiger partial charge is 0.494 e. The summed E-state index contributed by atoms with van der Waals surface area (Å²) in [7, 11) is 0. The van der Waals surface area contributed by atoms with Gasteiger partial charge in [-0.25, -0.2) is 19.9 Å². The average molecular weight is 433 g/mol. The maximum absolute atomic E-state index is 5.84. The first kappa shape index (κ1) is 23.8. The Kier molecular flexibility index (Phi) is 10.1. The van der Waals surface area contributed by atoms with Gasteiger partial charge in [0.2, 0.25) is 0 Å². The highest BCUT2D eigenvalue weighted by Gasteiger charge is 2.06. The predicted octanol–water partition coefficient (Wildman–Crippen LogP) is 7.07. The van der Waals surface area contributed by atoms with Gasteiger partial charge < -0.3 is 4.74 Å². The van der Waals surface area contributed by atoms with Crippen LogP contribution >= 0.6 is 0 Å². The fourth-order valence-corrected chi connectivity index (χ4v) is 3.58. The summed E-state index contributed by atoms with van der Waals surface area (Å²) in [5, 5.41) is 0. The van der Waals surface area contributed by atoms with E-state index in [9.17, 15) is 0 Å². The minimum absolute atomic E-state index is 0.663. The SMILES string of the molecule is CCCCCCCOc1ccc(-c2ncc(-c3ncc(CCCCCC)cn3)cn2)cc1. The highest BCUT2D eigenvalue weighted by molar-refractivity contribution is 5.59. The molecule has 0 aliphatic rings. The zero-order valence-corrected chi connectivity index (χ0v) is 19.6. The van der Waals surface area contributed by atoms with Crippen LogP contribution in [0.1, 0.15) is 77.2 Å². The van der Waals surface area contributed by atoms with Crippen LogP contribution in [0.4, 0.5) is 0 Å². The van der Waals surface area contributed by atoms with Gasteiger partial charge in [0.15, 0.2) is 11.6 Å². The number of benzene rings is 1. The molecule has 0 spiro atoms. The minimum atomic E-state index is 0.663. The Hall–Kier alpha value is -2.82. The van der Waals surface area contributed by atoms with E-state index < -0.39 is 0 Å². The van der Waals surface area contributed by atoms with E-state index >= 15 is 0 Å². The first-order chi connectivity index (χ1) is 15.8. The Labute approximate surface area is 192 Å². The summed E-state index contributed by atoms with van der Waals surface area (Å²) >= 11 is 0. The summed E-state index contributed by atoms with van der Waals surface area (Å²) in [6, 6.07) is 7.98. The summed E-state index contributed by atoms with van der Waals surface area (Å²) in [5.74, 6) is 2.24. The van der Waals surface area contributed by atoms with E-state index in [1.54, 1.807) is 12.4 Å². The van der Waals surface area contributed by atoms with Crippen molar-refractivity contribution < 1.29 is 4.74 Å². The molecule has 0 fully saturated rings. The molecular formula is C27H36N4O. The molecular weight excluding hydrogens is 396 g/mol. The molecule has 0 aliphatic carbocycles. The van der Waals surface area contributed by atoms with Gasteiger partial charge in [-0.05, 0) is 49.1 Å². The van der Waals surface area contributed by atoms with Crippen molar-refractivity contribution in [2.75, 3.05) is 6.61 Å². The first-order valence-corrected chi connectivity index (χ1v) is 12.2. The van der Waals surface area contributed by atoms with Crippen LogP contribution in [0.3, 0.4) is 0 Å². The van der Waals surface area contributed by atoms with Crippen molar-refractivity contribution in [3.05, 3.63) is 54.6 Å². The second kappa shape index (κ2) is 13.6. The Balaban J connectivity index is 1.50. The lowest BCUT2D eigenvalue weighted by molar-refractivity contribution is 0.304. The van der Waals surface area contributed by atoms with E-state index in [2.05, 4.69) is 33.8 Å². The molecule has 0 aliphatic heterocycles. The summed E-state index contributed by atoms with van der Waals surface area (Å²) in [4.78, 5) is 18.1. The smallest absolute Gasteiger partial charge is 0.162 e. The molecule has 0 saturated heterocycles. The van der Waals surface area contributed by atoms with Crippen molar-refractivity contribution in [2.24, 2.45) is 0 Å². The van der Waals surface area contributed by atoms with Gasteiger partial charge in [0.25, 0.3) is 0 Å². The van der Waals surface area contributed by atoms with Crippen LogP contribution in [0.2, 0.25) is 0 Å². The van der Waals surface area contributed by atoms with Crippen molar-refractivity contribution in [1.29, 1.82) is 0 Å². The zero-order valence-electron chi connectivity index (χ0n) is 19.6. The topological polar surface area (TPSA) is 60.8 Å². The molecule has 3 aromatic rings. The van der Waals surface area contributed by atoms with Crippen LogP contribution < -0.4 is 4.74 Å². The second-order valence-electron chi connectivity index (χ2n) is 8.31. The number of nitrogens with zero attached hydrogens (tertiary/aromatic N) is 4. The van der Waals surface area contributed by atoms with Gasteiger partial charge in [0.05, 0.1) is 12.2 Å². The summed E-state index contributed by atoms with van der Waals surface area (Å²) in [6.07, 6.45) is 19.7. The fourth-order valence-electron chi connectivity index (χ4n) is 3.58. The lowest BCUT2D eigenvalue weighted by Gasteiger charge is -2.07. The van der Waals surface area contributed by atoms with Gasteiger partial charge in [-0.15, -0.1) is 0 Å². The number of unbranched alkanes of at least 4 members (excludes halogenated alkanes) is 7. The van der Waals surface area contributed by atoms with Crippen LogP contribution in [0.25, 0.3) is 22.8 Å². The van der Waals surface area contributed by atoms with E-state index in [0.717, 1.165) is 36.3 Å². The Morgan fingerprint density at radius 2 is 1.16 bits per heavy atom. The van der Waals surface area contributed by atoms with Crippen LogP contribution in [0.15, 0.2) is 49.1 Å². The normalized spacial score (nSPS) is 10.9. The molecule has 5 heteroatoms. The third kappa shape index (κ3) is 7.70. The van der Waals surface area contributed by atoms with Gasteiger partial charge in [-0.3, -0.25) is 0 Å². The molecule has 0 amide bonds. The average Bonchev–Trinajstić information content (AvgIpc) is 2.85. The van der Waals surface area contributed by atoms with E-state index in [1.807, 2.05) is 36.7 Å². The van der Waals surface area contributed by atoms with Crippen molar-refractivity contribution in [3.8, 4) is 28.5 Å². The molecule has 0 N–H and O–H groups in total. The Morgan fingerprint density at radius 1 is 0.594 bits per heavy atom. The van der Waals surface area contributed by atoms with Gasteiger partial charge in [-0.2, -0.15) is 0 Å². The zero-order chi connectivity index (χ0) is 22.4. The maximum Gasteiger partial charge on any atom is 0.162 e. The maximum atomic E-state index is 5.84. The summed E-state index contributed by atoms with van der Waals surface area (Å²) < 4.78 is 5.84. The van der Waals surface area contributed by atoms with Crippen molar-refractivity contribution in [3.63, 3.8) is 0 Å².